The van der Waals surface area contributed by atoms with E-state index in [0.29, 0.717) is 13.2 Å². The van der Waals surface area contributed by atoms with Gasteiger partial charge < -0.3 is 20.1 Å². The lowest BCUT2D eigenvalue weighted by Gasteiger charge is -2.30. The molecular formula is C18H28N2O4. The van der Waals surface area contributed by atoms with Crippen molar-refractivity contribution in [1.29, 1.82) is 0 Å². The summed E-state index contributed by atoms with van der Waals surface area (Å²) >= 11 is 0. The molecule has 2 N–H and O–H groups in total. The van der Waals surface area contributed by atoms with Crippen LogP contribution in [0.15, 0.2) is 24.3 Å². The number of carbonyl (C=O) groups is 2. The molecule has 1 aromatic rings. The molecule has 0 saturated carbocycles. The maximum Gasteiger partial charge on any atom is 0.407 e. The molecule has 1 aromatic carbocycles. The Morgan fingerprint density at radius 3 is 1.58 bits per heavy atom. The molecule has 6 heteroatoms. The van der Waals surface area contributed by atoms with Crippen LogP contribution in [0.25, 0.3) is 0 Å². The van der Waals surface area contributed by atoms with Crippen molar-refractivity contribution in [2.75, 3.05) is 13.2 Å². The van der Waals surface area contributed by atoms with Crippen molar-refractivity contribution in [2.24, 2.45) is 0 Å². The van der Waals surface area contributed by atoms with E-state index in [1.807, 2.05) is 52.0 Å². The molecule has 2 amide bonds. The van der Waals surface area contributed by atoms with Crippen LogP contribution in [0.1, 0.15) is 52.7 Å². The van der Waals surface area contributed by atoms with Crippen molar-refractivity contribution < 1.29 is 19.1 Å². The first kappa shape index (κ1) is 19.8. The fourth-order valence-electron chi connectivity index (χ4n) is 2.29. The predicted molar refractivity (Wildman–Crippen MR) is 92.8 cm³/mol. The second kappa shape index (κ2) is 8.04. The summed E-state index contributed by atoms with van der Waals surface area (Å²) in [6, 6.07) is 7.71. The minimum absolute atomic E-state index is 0.318. The van der Waals surface area contributed by atoms with Crippen LogP contribution in [0.4, 0.5) is 9.59 Å². The number of hydrogen-bond donors (Lipinski definition) is 2. The van der Waals surface area contributed by atoms with Gasteiger partial charge in [0.15, 0.2) is 0 Å². The molecule has 134 valence electrons. The Labute approximate surface area is 143 Å². The molecule has 0 aliphatic rings. The molecule has 0 heterocycles. The van der Waals surface area contributed by atoms with E-state index in [1.54, 1.807) is 13.8 Å². The zero-order valence-corrected chi connectivity index (χ0v) is 15.4. The number of carbonyl (C=O) groups excluding carboxylic acids is 2. The van der Waals surface area contributed by atoms with Crippen LogP contribution in [0, 0.1) is 0 Å². The SMILES string of the molecule is CCOC(=O)NC(C)(C)c1cccc(C(C)(C)NC(=O)OCC)c1. The number of hydrogen-bond acceptors (Lipinski definition) is 4. The van der Waals surface area contributed by atoms with E-state index in [9.17, 15) is 9.59 Å². The summed E-state index contributed by atoms with van der Waals surface area (Å²) in [6.07, 6.45) is -0.923. The van der Waals surface area contributed by atoms with Crippen molar-refractivity contribution in [3.05, 3.63) is 35.4 Å². The first-order chi connectivity index (χ1) is 11.1. The smallest absolute Gasteiger partial charge is 0.407 e. The van der Waals surface area contributed by atoms with E-state index >= 15 is 0 Å². The highest BCUT2D eigenvalue weighted by atomic mass is 16.6. The second-order valence-electron chi connectivity index (χ2n) is 6.52. The number of nitrogens with one attached hydrogen (secondary N) is 2. The Morgan fingerprint density at radius 1 is 0.875 bits per heavy atom. The first-order valence-corrected chi connectivity index (χ1v) is 8.13. The fraction of sp³-hybridized carbons (Fsp3) is 0.556. The summed E-state index contributed by atoms with van der Waals surface area (Å²) in [5, 5.41) is 5.68. The average molecular weight is 336 g/mol. The summed E-state index contributed by atoms with van der Waals surface area (Å²) in [6.45, 7) is 11.7. The van der Waals surface area contributed by atoms with Crippen molar-refractivity contribution in [1.82, 2.24) is 10.6 Å². The molecule has 0 bridgehead atoms. The quantitative estimate of drug-likeness (QED) is 0.831. The van der Waals surface area contributed by atoms with E-state index in [2.05, 4.69) is 10.6 Å². The van der Waals surface area contributed by atoms with Crippen molar-refractivity contribution in [3.63, 3.8) is 0 Å². The molecule has 1 rings (SSSR count). The summed E-state index contributed by atoms with van der Waals surface area (Å²) in [4.78, 5) is 23.4. The molecule has 0 aliphatic carbocycles. The van der Waals surface area contributed by atoms with Crippen molar-refractivity contribution in [2.45, 2.75) is 52.6 Å². The highest BCUT2D eigenvalue weighted by molar-refractivity contribution is 5.69. The van der Waals surface area contributed by atoms with Crippen molar-refractivity contribution >= 4 is 12.2 Å². The van der Waals surface area contributed by atoms with Gasteiger partial charge in [0, 0.05) is 0 Å². The highest BCUT2D eigenvalue weighted by Crippen LogP contribution is 2.26. The van der Waals surface area contributed by atoms with Crippen LogP contribution in [0.2, 0.25) is 0 Å². The minimum Gasteiger partial charge on any atom is -0.450 e. The average Bonchev–Trinajstić information content (AvgIpc) is 2.46. The van der Waals surface area contributed by atoms with Crippen LogP contribution >= 0.6 is 0 Å². The molecule has 0 unspecified atom stereocenters. The van der Waals surface area contributed by atoms with Crippen LogP contribution in [0.5, 0.6) is 0 Å². The third-order valence-corrected chi connectivity index (χ3v) is 3.69. The van der Waals surface area contributed by atoms with E-state index in [1.165, 1.54) is 0 Å². The van der Waals surface area contributed by atoms with Gasteiger partial charge in [0.25, 0.3) is 0 Å². The first-order valence-electron chi connectivity index (χ1n) is 8.13. The minimum atomic E-state index is -0.609. The molecule has 0 atom stereocenters. The number of ether oxygens (including phenoxy) is 2. The number of rotatable bonds is 6. The normalized spacial score (nSPS) is 11.6. The Bertz CT molecular complexity index is 535. The second-order valence-corrected chi connectivity index (χ2v) is 6.52. The topological polar surface area (TPSA) is 76.7 Å². The maximum absolute atomic E-state index is 11.7. The summed E-state index contributed by atoms with van der Waals surface area (Å²) in [7, 11) is 0. The summed E-state index contributed by atoms with van der Waals surface area (Å²) < 4.78 is 9.91. The van der Waals surface area contributed by atoms with Gasteiger partial charge in [-0.25, -0.2) is 9.59 Å². The molecule has 0 aliphatic heterocycles. The Balaban J connectivity index is 3.00. The molecule has 0 fully saturated rings. The molecule has 24 heavy (non-hydrogen) atoms. The molecule has 6 nitrogen and oxygen atoms in total. The lowest BCUT2D eigenvalue weighted by Crippen LogP contribution is -2.43. The number of alkyl carbamates (subject to hydrolysis) is 2. The third-order valence-electron chi connectivity index (χ3n) is 3.69. The zero-order chi connectivity index (χ0) is 18.4. The van der Waals surface area contributed by atoms with Gasteiger partial charge in [-0.2, -0.15) is 0 Å². The Hall–Kier alpha value is -2.24. The van der Waals surface area contributed by atoms with E-state index < -0.39 is 23.3 Å². The maximum atomic E-state index is 11.7. The highest BCUT2D eigenvalue weighted by Gasteiger charge is 2.28. The van der Waals surface area contributed by atoms with Gasteiger partial charge in [0.2, 0.25) is 0 Å². The monoisotopic (exact) mass is 336 g/mol. The Kier molecular flexibility index (Phi) is 6.63. The van der Waals surface area contributed by atoms with Gasteiger partial charge in [0.1, 0.15) is 0 Å². The fourth-order valence-corrected chi connectivity index (χ4v) is 2.29. The Morgan fingerprint density at radius 2 is 1.25 bits per heavy atom. The van der Waals surface area contributed by atoms with Gasteiger partial charge in [-0.15, -0.1) is 0 Å². The largest absolute Gasteiger partial charge is 0.450 e. The molecular weight excluding hydrogens is 308 g/mol. The van der Waals surface area contributed by atoms with Gasteiger partial charge in [-0.1, -0.05) is 24.3 Å². The van der Waals surface area contributed by atoms with Crippen LogP contribution in [-0.4, -0.2) is 25.4 Å². The molecule has 0 saturated heterocycles. The number of amides is 2. The van der Waals surface area contributed by atoms with Crippen LogP contribution in [-0.2, 0) is 20.6 Å². The standard InChI is InChI=1S/C18H28N2O4/c1-7-23-15(21)19-17(3,4)13-10-9-11-14(12-13)18(5,6)20-16(22)24-8-2/h9-12H,7-8H2,1-6H3,(H,19,21)(H,20,22). The molecule has 0 aromatic heterocycles. The lowest BCUT2D eigenvalue weighted by molar-refractivity contribution is 0.141. The van der Waals surface area contributed by atoms with Crippen molar-refractivity contribution in [3.8, 4) is 0 Å². The summed E-state index contributed by atoms with van der Waals surface area (Å²) in [5.41, 5.74) is 0.600. The van der Waals surface area contributed by atoms with Gasteiger partial charge in [-0.3, -0.25) is 0 Å². The third kappa shape index (κ3) is 5.44. The lowest BCUT2D eigenvalue weighted by atomic mass is 9.87. The van der Waals surface area contributed by atoms with Gasteiger partial charge in [-0.05, 0) is 52.7 Å². The van der Waals surface area contributed by atoms with E-state index in [0.717, 1.165) is 11.1 Å². The molecule has 0 radical (unpaired) electrons. The zero-order valence-electron chi connectivity index (χ0n) is 15.4. The van der Waals surface area contributed by atoms with Crippen LogP contribution < -0.4 is 10.6 Å². The predicted octanol–water partition coefficient (Wildman–Crippen LogP) is 3.65. The van der Waals surface area contributed by atoms with E-state index in [4.69, 9.17) is 9.47 Å². The van der Waals surface area contributed by atoms with Gasteiger partial charge >= 0.3 is 12.2 Å². The van der Waals surface area contributed by atoms with Crippen LogP contribution in [0.3, 0.4) is 0 Å². The number of benzene rings is 1. The van der Waals surface area contributed by atoms with E-state index in [-0.39, 0.29) is 0 Å². The molecule has 0 spiro atoms. The van der Waals surface area contributed by atoms with Gasteiger partial charge in [0.05, 0.1) is 24.3 Å². The summed E-state index contributed by atoms with van der Waals surface area (Å²) in [5.74, 6) is 0.